The number of anilines is 6. The van der Waals surface area contributed by atoms with E-state index in [1.807, 2.05) is 0 Å². The highest BCUT2D eigenvalue weighted by Crippen LogP contribution is 2.56. The van der Waals surface area contributed by atoms with Gasteiger partial charge < -0.3 is 19.3 Å². The van der Waals surface area contributed by atoms with Crippen molar-refractivity contribution in [3.63, 3.8) is 0 Å². The SMILES string of the molecule is COc1cccc(-c2ccc3c(c2)N(c2c(-c4ccc(C(C)(C)C)cc4)cc(C(C)(C)C)cc2-c2ccc(C(C)(C)C)cc2)c2cc(C4CCCCC4)cc4c2B3c2ccc(-c3cccc(OC)c3)cc2N4c2c(-c3ccc(C(C)(C)C)cc3)cc(C(C)(C)C)cc2-c2ccc(C(C)(C)C)cc2)c1. The van der Waals surface area contributed by atoms with E-state index >= 15 is 0 Å². The van der Waals surface area contributed by atoms with Gasteiger partial charge in [0.15, 0.2) is 0 Å². The molecule has 0 saturated heterocycles. The Kier molecular flexibility index (Phi) is 18.1. The molecule has 5 heteroatoms. The summed E-state index contributed by atoms with van der Waals surface area (Å²) in [6.07, 6.45) is 5.90. The topological polar surface area (TPSA) is 24.9 Å². The van der Waals surface area contributed by atoms with Gasteiger partial charge in [0.25, 0.3) is 6.71 Å². The second-order valence-electron chi connectivity index (χ2n) is 36.1. The minimum absolute atomic E-state index is 0.0417. The van der Waals surface area contributed by atoms with Crippen molar-refractivity contribution < 1.29 is 9.47 Å². The molecule has 0 aromatic heterocycles. The van der Waals surface area contributed by atoms with Crippen LogP contribution in [-0.2, 0) is 32.5 Å². The van der Waals surface area contributed by atoms with Crippen LogP contribution >= 0.6 is 0 Å². The Bertz CT molecular complexity index is 4540. The highest BCUT2D eigenvalue weighted by atomic mass is 16.5. The Hall–Kier alpha value is -9.32. The molecule has 1 aliphatic carbocycles. The highest BCUT2D eigenvalue weighted by Gasteiger charge is 2.47. The summed E-state index contributed by atoms with van der Waals surface area (Å²) < 4.78 is 12.1. The molecule has 0 radical (unpaired) electrons. The zero-order valence-electron chi connectivity index (χ0n) is 65.2. The van der Waals surface area contributed by atoms with Crippen LogP contribution in [0.4, 0.5) is 34.1 Å². The first-order valence-corrected chi connectivity index (χ1v) is 37.9. The average Bonchev–Trinajstić information content (AvgIpc) is 0.687. The number of fused-ring (bicyclic) bond motifs is 4. The van der Waals surface area contributed by atoms with Crippen molar-refractivity contribution in [2.24, 2.45) is 0 Å². The van der Waals surface area contributed by atoms with Gasteiger partial charge in [-0.15, -0.1) is 0 Å². The molecule has 0 spiro atoms. The molecular weight excluding hydrogens is 1250 g/mol. The summed E-state index contributed by atoms with van der Waals surface area (Å²) in [6, 6.07) is 86.0. The van der Waals surface area contributed by atoms with Crippen LogP contribution in [0.1, 0.15) is 202 Å². The molecule has 0 atom stereocenters. The number of rotatable bonds is 11. The van der Waals surface area contributed by atoms with Crippen LogP contribution in [0.2, 0.25) is 0 Å². The number of nitrogens with zero attached hydrogens (tertiary/aromatic N) is 2. The third kappa shape index (κ3) is 13.6. The quantitative estimate of drug-likeness (QED) is 0.121. The molecule has 0 amide bonds. The van der Waals surface area contributed by atoms with E-state index in [0.29, 0.717) is 5.92 Å². The van der Waals surface area contributed by atoms with Crippen molar-refractivity contribution in [1.82, 2.24) is 0 Å². The molecule has 11 aromatic carbocycles. The second kappa shape index (κ2) is 26.4. The van der Waals surface area contributed by atoms with E-state index in [1.54, 1.807) is 14.2 Å². The lowest BCUT2D eigenvalue weighted by Gasteiger charge is -2.46. The third-order valence-corrected chi connectivity index (χ3v) is 22.6. The molecule has 14 rings (SSSR count). The minimum Gasteiger partial charge on any atom is -0.497 e. The average molecular weight is 1360 g/mol. The number of ether oxygens (including phenoxy) is 2. The van der Waals surface area contributed by atoms with E-state index in [9.17, 15) is 0 Å². The molecule has 0 unspecified atom stereocenters. The van der Waals surface area contributed by atoms with Gasteiger partial charge in [-0.2, -0.15) is 0 Å². The summed E-state index contributed by atoms with van der Waals surface area (Å²) in [5.41, 5.74) is 33.6. The fraction of sp³-hybridized carbons (Fsp3) is 0.327. The van der Waals surface area contributed by atoms with E-state index in [4.69, 9.17) is 9.47 Å². The Labute approximate surface area is 617 Å². The lowest BCUT2D eigenvalue weighted by molar-refractivity contribution is 0.415. The monoisotopic (exact) mass is 1350 g/mol. The summed E-state index contributed by atoms with van der Waals surface area (Å²) >= 11 is 0. The second-order valence-corrected chi connectivity index (χ2v) is 36.1. The molecule has 2 aliphatic heterocycles. The summed E-state index contributed by atoms with van der Waals surface area (Å²) in [6.45, 7) is 42.0. The van der Waals surface area contributed by atoms with Crippen molar-refractivity contribution >= 4 is 57.2 Å². The van der Waals surface area contributed by atoms with Crippen LogP contribution in [0.5, 0.6) is 11.5 Å². The number of hydrogen-bond acceptors (Lipinski definition) is 4. The zero-order valence-corrected chi connectivity index (χ0v) is 65.2. The van der Waals surface area contributed by atoms with Gasteiger partial charge in [0.05, 0.1) is 25.6 Å². The van der Waals surface area contributed by atoms with Crippen LogP contribution < -0.4 is 35.7 Å². The Balaban J connectivity index is 1.19. The van der Waals surface area contributed by atoms with Gasteiger partial charge in [-0.25, -0.2) is 0 Å². The minimum atomic E-state index is -0.199. The Morgan fingerprint density at radius 2 is 0.583 bits per heavy atom. The van der Waals surface area contributed by atoms with Crippen LogP contribution in [0, 0.1) is 0 Å². The van der Waals surface area contributed by atoms with Gasteiger partial charge in [-0.1, -0.05) is 289 Å². The summed E-state index contributed by atoms with van der Waals surface area (Å²) in [5, 5.41) is 0. The molecule has 0 N–H and O–H groups in total. The van der Waals surface area contributed by atoms with Gasteiger partial charge in [-0.05, 0) is 224 Å². The number of benzene rings is 11. The van der Waals surface area contributed by atoms with E-state index in [0.717, 1.165) is 46.6 Å². The molecule has 0 bridgehead atoms. The molecule has 11 aromatic rings. The molecule has 1 fully saturated rings. The molecular formula is C98H107BN2O2. The number of hydrogen-bond donors (Lipinski definition) is 0. The van der Waals surface area contributed by atoms with Crippen molar-refractivity contribution in [3.05, 3.63) is 257 Å². The zero-order chi connectivity index (χ0) is 73.0. The normalized spacial score (nSPS) is 14.3. The lowest BCUT2D eigenvalue weighted by atomic mass is 9.33. The summed E-state index contributed by atoms with van der Waals surface area (Å²) in [5.74, 6) is 1.99. The van der Waals surface area contributed by atoms with E-state index in [-0.39, 0.29) is 39.2 Å². The van der Waals surface area contributed by atoms with Gasteiger partial charge in [0.1, 0.15) is 11.5 Å². The van der Waals surface area contributed by atoms with E-state index in [2.05, 4.69) is 353 Å². The Morgan fingerprint density at radius 3 is 0.874 bits per heavy atom. The predicted molar refractivity (Wildman–Crippen MR) is 444 cm³/mol. The largest absolute Gasteiger partial charge is 0.497 e. The van der Waals surface area contributed by atoms with Gasteiger partial charge in [0, 0.05) is 45.0 Å². The summed E-state index contributed by atoms with van der Waals surface area (Å²) in [4.78, 5) is 5.56. The molecule has 4 nitrogen and oxygen atoms in total. The van der Waals surface area contributed by atoms with E-state index in [1.165, 1.54) is 153 Å². The first-order valence-electron chi connectivity index (χ1n) is 37.9. The van der Waals surface area contributed by atoms with Crippen molar-refractivity contribution in [3.8, 4) is 78.3 Å². The first-order chi connectivity index (χ1) is 48.7. The van der Waals surface area contributed by atoms with Crippen LogP contribution in [0.15, 0.2) is 218 Å². The smallest absolute Gasteiger partial charge is 0.252 e. The predicted octanol–water partition coefficient (Wildman–Crippen LogP) is 25.6. The fourth-order valence-corrected chi connectivity index (χ4v) is 16.2. The maximum absolute atomic E-state index is 6.03. The first kappa shape index (κ1) is 70.7. The van der Waals surface area contributed by atoms with Crippen molar-refractivity contribution in [2.75, 3.05) is 24.0 Å². The van der Waals surface area contributed by atoms with Crippen LogP contribution in [-0.4, -0.2) is 20.9 Å². The molecule has 3 aliphatic rings. The van der Waals surface area contributed by atoms with Gasteiger partial charge in [-0.3, -0.25) is 0 Å². The summed E-state index contributed by atoms with van der Waals surface area (Å²) in [7, 11) is 3.55. The third-order valence-electron chi connectivity index (χ3n) is 22.6. The van der Waals surface area contributed by atoms with Gasteiger partial charge in [0.2, 0.25) is 0 Å². The molecule has 1 saturated carbocycles. The maximum atomic E-state index is 6.03. The highest BCUT2D eigenvalue weighted by molar-refractivity contribution is 7.00. The van der Waals surface area contributed by atoms with Crippen molar-refractivity contribution in [2.45, 2.75) is 195 Å². The lowest BCUT2D eigenvalue weighted by Crippen LogP contribution is -2.61. The van der Waals surface area contributed by atoms with Crippen molar-refractivity contribution in [1.29, 1.82) is 0 Å². The molecule has 524 valence electrons. The fourth-order valence-electron chi connectivity index (χ4n) is 16.2. The molecule has 103 heavy (non-hydrogen) atoms. The van der Waals surface area contributed by atoms with Crippen LogP contribution in [0.3, 0.4) is 0 Å². The molecule has 2 heterocycles. The Morgan fingerprint density at radius 1 is 0.291 bits per heavy atom. The van der Waals surface area contributed by atoms with E-state index < -0.39 is 0 Å². The standard InChI is InChI=1S/C98H107BN2O2/c1-93(2,3)72-42-32-63(33-43-72)80-58-76(97(13,14)15)59-81(64-34-44-73(45-35-64)94(4,5)6)91(80)100-86-54-69(67-28-24-30-78(52-67)102-19)40-50-84(86)99-85-51-41-70(68-29-25-31-79(53-68)103-20)55-87(85)101(89-57-71(56-88(100)90(89)99)62-26-22-21-23-27-62)92-82(65-36-46-74(47-37-65)95(7,8)9)60-77(98(16,17)18)61-83(92)66-38-48-75(49-39-66)96(10,11)12/h24-25,28-62H,21-23,26-27H2,1-20H3. The maximum Gasteiger partial charge on any atom is 0.252 e. The number of methoxy groups -OCH3 is 2. The van der Waals surface area contributed by atoms with Gasteiger partial charge >= 0.3 is 0 Å². The van der Waals surface area contributed by atoms with Crippen LogP contribution in [0.25, 0.3) is 66.8 Å².